The van der Waals surface area contributed by atoms with Crippen LogP contribution >= 0.6 is 0 Å². The van der Waals surface area contributed by atoms with Crippen LogP contribution in [0.5, 0.6) is 0 Å². The zero-order valence-corrected chi connectivity index (χ0v) is 22.5. The van der Waals surface area contributed by atoms with E-state index in [2.05, 4.69) is 13.8 Å². The first kappa shape index (κ1) is 32.8. The molecule has 200 valence electrons. The van der Waals surface area contributed by atoms with E-state index >= 15 is 0 Å². The van der Waals surface area contributed by atoms with Crippen molar-refractivity contribution < 1.29 is 24.2 Å². The molecule has 0 saturated carbocycles. The maximum absolute atomic E-state index is 9.60. The minimum absolute atomic E-state index is 0.135. The standard InChI is InChI=1S/C28H60NO4/c1-3-5-7-9-11-13-15-17-25-32-27-21-29(19-23-30,20-24-31)22-28-33-26-18-16-14-12-10-8-6-4-2/h30-31H,3-28H2,1-2H3/q+1. The number of aliphatic hydroxyl groups is 2. The van der Waals surface area contributed by atoms with Gasteiger partial charge in [0.05, 0.1) is 26.4 Å². The molecule has 0 radical (unpaired) electrons. The van der Waals surface area contributed by atoms with Crippen molar-refractivity contribution in [2.45, 2.75) is 117 Å². The Hall–Kier alpha value is -0.200. The van der Waals surface area contributed by atoms with Crippen molar-refractivity contribution >= 4 is 0 Å². The third-order valence-electron chi connectivity index (χ3n) is 6.85. The summed E-state index contributed by atoms with van der Waals surface area (Å²) in [4.78, 5) is 0. The molecule has 0 heterocycles. The molecule has 0 aliphatic heterocycles. The Kier molecular flexibility index (Phi) is 26.2. The summed E-state index contributed by atoms with van der Waals surface area (Å²) in [5.41, 5.74) is 0. The second-order valence-electron chi connectivity index (χ2n) is 9.86. The van der Waals surface area contributed by atoms with Gasteiger partial charge in [-0.3, -0.25) is 0 Å². The summed E-state index contributed by atoms with van der Waals surface area (Å²) in [6.07, 6.45) is 21.0. The Morgan fingerprint density at radius 2 is 0.758 bits per heavy atom. The highest BCUT2D eigenvalue weighted by molar-refractivity contribution is 4.50. The zero-order valence-electron chi connectivity index (χ0n) is 22.5. The lowest BCUT2D eigenvalue weighted by Gasteiger charge is -2.37. The lowest BCUT2D eigenvalue weighted by molar-refractivity contribution is -0.929. The second kappa shape index (κ2) is 26.4. The predicted molar refractivity (Wildman–Crippen MR) is 141 cm³/mol. The predicted octanol–water partition coefficient (Wildman–Crippen LogP) is 6.10. The van der Waals surface area contributed by atoms with Crippen molar-refractivity contribution in [2.75, 3.05) is 65.8 Å². The molecular formula is C28H60NO4+. The van der Waals surface area contributed by atoms with Crippen molar-refractivity contribution in [3.63, 3.8) is 0 Å². The summed E-state index contributed by atoms with van der Waals surface area (Å²) in [5, 5.41) is 19.2. The average molecular weight is 475 g/mol. The van der Waals surface area contributed by atoms with Gasteiger partial charge >= 0.3 is 0 Å². The highest BCUT2D eigenvalue weighted by atomic mass is 16.5. The van der Waals surface area contributed by atoms with Gasteiger partial charge in [0.2, 0.25) is 0 Å². The van der Waals surface area contributed by atoms with Crippen LogP contribution in [0.1, 0.15) is 117 Å². The van der Waals surface area contributed by atoms with Crippen LogP contribution in [0.2, 0.25) is 0 Å². The van der Waals surface area contributed by atoms with Crippen molar-refractivity contribution in [1.82, 2.24) is 0 Å². The Bertz CT molecular complexity index is 334. The van der Waals surface area contributed by atoms with Gasteiger partial charge in [-0.25, -0.2) is 0 Å². The minimum Gasteiger partial charge on any atom is -0.391 e. The molecule has 0 amide bonds. The van der Waals surface area contributed by atoms with Crippen LogP contribution in [-0.2, 0) is 9.47 Å². The first-order valence-electron chi connectivity index (χ1n) is 14.5. The number of quaternary nitrogens is 1. The molecule has 0 spiro atoms. The van der Waals surface area contributed by atoms with Crippen LogP contribution in [0.15, 0.2) is 0 Å². The fourth-order valence-corrected chi connectivity index (χ4v) is 4.49. The van der Waals surface area contributed by atoms with Crippen molar-refractivity contribution in [3.8, 4) is 0 Å². The van der Waals surface area contributed by atoms with Crippen LogP contribution in [0, 0.1) is 0 Å². The number of hydrogen-bond donors (Lipinski definition) is 2. The van der Waals surface area contributed by atoms with Gasteiger partial charge in [-0.05, 0) is 12.8 Å². The molecule has 0 saturated heterocycles. The van der Waals surface area contributed by atoms with E-state index in [9.17, 15) is 10.2 Å². The van der Waals surface area contributed by atoms with Gasteiger partial charge in [-0.1, -0.05) is 104 Å². The Balaban J connectivity index is 3.88. The van der Waals surface area contributed by atoms with E-state index in [1.54, 1.807) is 0 Å². The van der Waals surface area contributed by atoms with E-state index in [0.29, 0.717) is 30.8 Å². The van der Waals surface area contributed by atoms with E-state index in [0.717, 1.165) is 39.1 Å². The maximum Gasteiger partial charge on any atom is 0.103 e. The number of rotatable bonds is 28. The first-order chi connectivity index (χ1) is 16.2. The molecule has 0 aliphatic carbocycles. The molecule has 0 fully saturated rings. The molecule has 0 aliphatic rings. The van der Waals surface area contributed by atoms with Gasteiger partial charge < -0.3 is 24.2 Å². The Morgan fingerprint density at radius 3 is 1.09 bits per heavy atom. The van der Waals surface area contributed by atoms with Crippen molar-refractivity contribution in [1.29, 1.82) is 0 Å². The molecule has 33 heavy (non-hydrogen) atoms. The lowest BCUT2D eigenvalue weighted by atomic mass is 10.1. The normalized spacial score (nSPS) is 12.0. The van der Waals surface area contributed by atoms with Gasteiger partial charge in [0.25, 0.3) is 0 Å². The highest BCUT2D eigenvalue weighted by Gasteiger charge is 2.26. The first-order valence-corrected chi connectivity index (χ1v) is 14.5. The van der Waals surface area contributed by atoms with E-state index in [1.807, 2.05) is 0 Å². The molecule has 0 aromatic carbocycles. The highest BCUT2D eigenvalue weighted by Crippen LogP contribution is 2.11. The van der Waals surface area contributed by atoms with E-state index in [-0.39, 0.29) is 13.2 Å². The third-order valence-corrected chi connectivity index (χ3v) is 6.85. The molecule has 0 rings (SSSR count). The van der Waals surface area contributed by atoms with Crippen LogP contribution in [0.4, 0.5) is 0 Å². The number of aliphatic hydroxyl groups excluding tert-OH is 2. The summed E-state index contributed by atoms with van der Waals surface area (Å²) < 4.78 is 12.5. The monoisotopic (exact) mass is 474 g/mol. The molecule has 0 aromatic heterocycles. The molecule has 5 heteroatoms. The van der Waals surface area contributed by atoms with Crippen molar-refractivity contribution in [2.24, 2.45) is 0 Å². The van der Waals surface area contributed by atoms with Gasteiger partial charge in [-0.15, -0.1) is 0 Å². The van der Waals surface area contributed by atoms with E-state index < -0.39 is 0 Å². The zero-order chi connectivity index (χ0) is 24.3. The van der Waals surface area contributed by atoms with Crippen molar-refractivity contribution in [3.05, 3.63) is 0 Å². The van der Waals surface area contributed by atoms with E-state index in [1.165, 1.54) is 89.9 Å². The average Bonchev–Trinajstić information content (AvgIpc) is 2.81. The quantitative estimate of drug-likeness (QED) is 0.106. The summed E-state index contributed by atoms with van der Waals surface area (Å²) >= 11 is 0. The number of nitrogens with zero attached hydrogens (tertiary/aromatic N) is 1. The topological polar surface area (TPSA) is 58.9 Å². The van der Waals surface area contributed by atoms with Crippen LogP contribution < -0.4 is 0 Å². The van der Waals surface area contributed by atoms with Gasteiger partial charge in [0, 0.05) is 13.2 Å². The molecule has 0 aromatic rings. The Labute approximate surface area is 206 Å². The number of unbranched alkanes of at least 4 members (excludes halogenated alkanes) is 14. The fourth-order valence-electron chi connectivity index (χ4n) is 4.49. The maximum atomic E-state index is 9.60. The molecule has 0 atom stereocenters. The van der Waals surface area contributed by atoms with E-state index in [4.69, 9.17) is 9.47 Å². The summed E-state index contributed by atoms with van der Waals surface area (Å²) in [5.74, 6) is 0. The fraction of sp³-hybridized carbons (Fsp3) is 1.00. The van der Waals surface area contributed by atoms with Gasteiger partial charge in [-0.2, -0.15) is 0 Å². The summed E-state index contributed by atoms with van der Waals surface area (Å²) in [6.45, 7) is 10.8. The number of ether oxygens (including phenoxy) is 2. The van der Waals surface area contributed by atoms with Crippen LogP contribution in [0.3, 0.4) is 0 Å². The van der Waals surface area contributed by atoms with Gasteiger partial charge in [0.15, 0.2) is 0 Å². The molecular weight excluding hydrogens is 414 g/mol. The number of hydrogen-bond acceptors (Lipinski definition) is 4. The third kappa shape index (κ3) is 22.0. The largest absolute Gasteiger partial charge is 0.391 e. The molecule has 5 nitrogen and oxygen atoms in total. The molecule has 0 bridgehead atoms. The van der Waals surface area contributed by atoms with Crippen LogP contribution in [0.25, 0.3) is 0 Å². The molecule has 0 unspecified atom stereocenters. The minimum atomic E-state index is 0.135. The smallest absolute Gasteiger partial charge is 0.103 e. The lowest BCUT2D eigenvalue weighted by Crippen LogP contribution is -2.55. The molecule has 2 N–H and O–H groups in total. The SMILES string of the molecule is CCCCCCCCCCOCC[N+](CCO)(CCO)CCOCCCCCCCCCC. The summed E-state index contributed by atoms with van der Waals surface area (Å²) in [7, 11) is 0. The summed E-state index contributed by atoms with van der Waals surface area (Å²) in [6, 6.07) is 0. The second-order valence-corrected chi connectivity index (χ2v) is 9.86. The van der Waals surface area contributed by atoms with Gasteiger partial charge in [0.1, 0.15) is 26.2 Å². The Morgan fingerprint density at radius 1 is 0.424 bits per heavy atom. The van der Waals surface area contributed by atoms with Crippen LogP contribution in [-0.4, -0.2) is 80.5 Å².